The molecular formula is C15H19N3O3. The van der Waals surface area contributed by atoms with Crippen LogP contribution >= 0.6 is 0 Å². The van der Waals surface area contributed by atoms with E-state index in [1.165, 1.54) is 0 Å². The number of imidazole rings is 1. The van der Waals surface area contributed by atoms with Crippen LogP contribution in [0.3, 0.4) is 0 Å². The molecule has 1 heterocycles. The summed E-state index contributed by atoms with van der Waals surface area (Å²) in [6.45, 7) is 1.78. The average molecular weight is 289 g/mol. The fourth-order valence-corrected chi connectivity index (χ4v) is 2.55. The molecule has 21 heavy (non-hydrogen) atoms. The number of carbonyl (C=O) groups is 1. The van der Waals surface area contributed by atoms with Gasteiger partial charge in [0, 0.05) is 6.54 Å². The van der Waals surface area contributed by atoms with E-state index in [-0.39, 0.29) is 25.0 Å². The molecule has 1 aromatic heterocycles. The molecule has 1 aromatic carbocycles. The molecule has 1 unspecified atom stereocenters. The van der Waals surface area contributed by atoms with E-state index in [2.05, 4.69) is 15.3 Å². The van der Waals surface area contributed by atoms with Gasteiger partial charge in [0.15, 0.2) is 0 Å². The van der Waals surface area contributed by atoms with E-state index in [1.54, 1.807) is 25.1 Å². The van der Waals surface area contributed by atoms with Crippen LogP contribution in [-0.2, 0) is 6.61 Å². The summed E-state index contributed by atoms with van der Waals surface area (Å²) in [6, 6.07) is 5.25. The van der Waals surface area contributed by atoms with Crippen LogP contribution in [-0.4, -0.2) is 38.2 Å². The molecule has 3 rings (SSSR count). The molecule has 1 saturated carbocycles. The van der Waals surface area contributed by atoms with E-state index in [1.807, 2.05) is 0 Å². The summed E-state index contributed by atoms with van der Waals surface area (Å²) < 4.78 is 0. The van der Waals surface area contributed by atoms with Gasteiger partial charge in [-0.1, -0.05) is 6.07 Å². The zero-order valence-electron chi connectivity index (χ0n) is 11.9. The van der Waals surface area contributed by atoms with Crippen molar-refractivity contribution in [1.29, 1.82) is 0 Å². The van der Waals surface area contributed by atoms with Gasteiger partial charge in [-0.2, -0.15) is 0 Å². The van der Waals surface area contributed by atoms with Crippen LogP contribution in [0.1, 0.15) is 35.9 Å². The first-order valence-corrected chi connectivity index (χ1v) is 7.10. The fourth-order valence-electron chi connectivity index (χ4n) is 2.55. The Bertz CT molecular complexity index is 674. The zero-order chi connectivity index (χ0) is 15.0. The van der Waals surface area contributed by atoms with Gasteiger partial charge < -0.3 is 20.5 Å². The van der Waals surface area contributed by atoms with Crippen molar-refractivity contribution in [3.8, 4) is 0 Å². The molecular weight excluding hydrogens is 270 g/mol. The quantitative estimate of drug-likeness (QED) is 0.658. The fraction of sp³-hybridized carbons (Fsp3) is 0.467. The number of aromatic amines is 1. The van der Waals surface area contributed by atoms with Crippen LogP contribution in [0.2, 0.25) is 0 Å². The van der Waals surface area contributed by atoms with Crippen molar-refractivity contribution >= 4 is 16.9 Å². The minimum atomic E-state index is -0.856. The first-order chi connectivity index (χ1) is 10.0. The molecule has 0 bridgehead atoms. The van der Waals surface area contributed by atoms with E-state index in [0.29, 0.717) is 22.4 Å². The molecule has 0 radical (unpaired) electrons. The van der Waals surface area contributed by atoms with Gasteiger partial charge >= 0.3 is 0 Å². The number of para-hydroxylation sites is 1. The molecule has 2 aromatic rings. The standard InChI is InChI=1S/C15H19N3O3/c1-15(21,9-5-6-9)8-16-14(20)10-3-2-4-11-13(10)18-12(7-19)17-11/h2-4,9,19,21H,5-8H2,1H3,(H,16,20)(H,17,18). The number of rotatable bonds is 5. The Morgan fingerprint density at radius 3 is 2.95 bits per heavy atom. The van der Waals surface area contributed by atoms with Crippen LogP contribution in [0.15, 0.2) is 18.2 Å². The summed E-state index contributed by atoms with van der Waals surface area (Å²) in [5, 5.41) is 22.1. The van der Waals surface area contributed by atoms with Crippen molar-refractivity contribution < 1.29 is 15.0 Å². The zero-order valence-corrected chi connectivity index (χ0v) is 11.9. The summed E-state index contributed by atoms with van der Waals surface area (Å²) in [7, 11) is 0. The molecule has 112 valence electrons. The topological polar surface area (TPSA) is 98.2 Å². The van der Waals surface area contributed by atoms with Gasteiger partial charge in [-0.25, -0.2) is 4.98 Å². The van der Waals surface area contributed by atoms with E-state index < -0.39 is 5.60 Å². The molecule has 1 amide bonds. The Hall–Kier alpha value is -1.92. The predicted octanol–water partition coefficient (Wildman–Crippen LogP) is 0.946. The number of amides is 1. The molecule has 6 heteroatoms. The van der Waals surface area contributed by atoms with Crippen molar-refractivity contribution in [3.05, 3.63) is 29.6 Å². The number of aromatic nitrogens is 2. The lowest BCUT2D eigenvalue weighted by atomic mass is 10.0. The molecule has 1 atom stereocenters. The average Bonchev–Trinajstić information content (AvgIpc) is 3.24. The highest BCUT2D eigenvalue weighted by molar-refractivity contribution is 6.04. The Morgan fingerprint density at radius 1 is 1.52 bits per heavy atom. The number of aliphatic hydroxyl groups is 2. The number of fused-ring (bicyclic) bond motifs is 1. The molecule has 0 aliphatic heterocycles. The van der Waals surface area contributed by atoms with E-state index in [9.17, 15) is 9.90 Å². The third-order valence-corrected chi connectivity index (χ3v) is 4.02. The van der Waals surface area contributed by atoms with Gasteiger partial charge in [0.05, 0.1) is 16.7 Å². The highest BCUT2D eigenvalue weighted by Gasteiger charge is 2.40. The number of aliphatic hydroxyl groups excluding tert-OH is 1. The minimum absolute atomic E-state index is 0.202. The van der Waals surface area contributed by atoms with Gasteiger partial charge in [-0.3, -0.25) is 4.79 Å². The second-order valence-electron chi connectivity index (χ2n) is 5.86. The van der Waals surface area contributed by atoms with Crippen molar-refractivity contribution in [2.45, 2.75) is 32.0 Å². The highest BCUT2D eigenvalue weighted by Crippen LogP contribution is 2.39. The molecule has 1 aliphatic rings. The molecule has 4 N–H and O–H groups in total. The van der Waals surface area contributed by atoms with Crippen LogP contribution in [0, 0.1) is 5.92 Å². The monoisotopic (exact) mass is 289 g/mol. The minimum Gasteiger partial charge on any atom is -0.388 e. The van der Waals surface area contributed by atoms with Crippen LogP contribution < -0.4 is 5.32 Å². The Labute approximate surface area is 122 Å². The summed E-state index contributed by atoms with van der Waals surface area (Å²) in [4.78, 5) is 19.5. The lowest BCUT2D eigenvalue weighted by molar-refractivity contribution is 0.0354. The van der Waals surface area contributed by atoms with Gasteiger partial charge in [-0.15, -0.1) is 0 Å². The second kappa shape index (κ2) is 5.13. The van der Waals surface area contributed by atoms with Crippen LogP contribution in [0.25, 0.3) is 11.0 Å². The number of H-pyrrole nitrogens is 1. The maximum absolute atomic E-state index is 12.3. The van der Waals surface area contributed by atoms with Gasteiger partial charge in [0.25, 0.3) is 5.91 Å². The van der Waals surface area contributed by atoms with Crippen molar-refractivity contribution in [3.63, 3.8) is 0 Å². The van der Waals surface area contributed by atoms with Crippen molar-refractivity contribution in [1.82, 2.24) is 15.3 Å². The highest BCUT2D eigenvalue weighted by atomic mass is 16.3. The van der Waals surface area contributed by atoms with Gasteiger partial charge in [0.1, 0.15) is 17.9 Å². The Balaban J connectivity index is 1.79. The molecule has 6 nitrogen and oxygen atoms in total. The number of nitrogens with zero attached hydrogens (tertiary/aromatic N) is 1. The first kappa shape index (κ1) is 14.0. The number of hydrogen-bond acceptors (Lipinski definition) is 4. The maximum atomic E-state index is 12.3. The molecule has 0 spiro atoms. The third kappa shape index (κ3) is 2.77. The summed E-state index contributed by atoms with van der Waals surface area (Å²) in [5.41, 5.74) is 0.826. The normalized spacial score (nSPS) is 17.7. The summed E-state index contributed by atoms with van der Waals surface area (Å²) in [6.07, 6.45) is 2.02. The molecule has 1 fully saturated rings. The largest absolute Gasteiger partial charge is 0.388 e. The van der Waals surface area contributed by atoms with Crippen LogP contribution in [0.5, 0.6) is 0 Å². The number of benzene rings is 1. The number of hydrogen-bond donors (Lipinski definition) is 4. The number of nitrogens with one attached hydrogen (secondary N) is 2. The summed E-state index contributed by atoms with van der Waals surface area (Å²) >= 11 is 0. The smallest absolute Gasteiger partial charge is 0.253 e. The number of carbonyl (C=O) groups excluding carboxylic acids is 1. The van der Waals surface area contributed by atoms with Gasteiger partial charge in [-0.05, 0) is 37.8 Å². The first-order valence-electron chi connectivity index (χ1n) is 7.10. The van der Waals surface area contributed by atoms with Gasteiger partial charge in [0.2, 0.25) is 0 Å². The maximum Gasteiger partial charge on any atom is 0.253 e. The van der Waals surface area contributed by atoms with Crippen molar-refractivity contribution in [2.75, 3.05) is 6.54 Å². The predicted molar refractivity (Wildman–Crippen MR) is 77.7 cm³/mol. The van der Waals surface area contributed by atoms with E-state index >= 15 is 0 Å². The lowest BCUT2D eigenvalue weighted by Gasteiger charge is -2.23. The van der Waals surface area contributed by atoms with E-state index in [4.69, 9.17) is 5.11 Å². The van der Waals surface area contributed by atoms with Crippen LogP contribution in [0.4, 0.5) is 0 Å². The Kier molecular flexibility index (Phi) is 3.43. The molecule has 1 aliphatic carbocycles. The molecule has 0 saturated heterocycles. The third-order valence-electron chi connectivity index (χ3n) is 4.02. The Morgan fingerprint density at radius 2 is 2.29 bits per heavy atom. The van der Waals surface area contributed by atoms with Crippen molar-refractivity contribution in [2.24, 2.45) is 5.92 Å². The lowest BCUT2D eigenvalue weighted by Crippen LogP contribution is -2.42. The second-order valence-corrected chi connectivity index (χ2v) is 5.86. The SMILES string of the molecule is CC(O)(CNC(=O)c1cccc2[nH]c(CO)nc12)C1CC1. The van der Waals surface area contributed by atoms with E-state index in [0.717, 1.165) is 12.8 Å². The summed E-state index contributed by atoms with van der Waals surface area (Å²) in [5.74, 6) is 0.438.